The highest BCUT2D eigenvalue weighted by atomic mass is 35.5. The van der Waals surface area contributed by atoms with Gasteiger partial charge in [-0.15, -0.1) is 11.3 Å². The Labute approximate surface area is 187 Å². The average molecular weight is 449 g/mol. The zero-order valence-electron chi connectivity index (χ0n) is 18.0. The van der Waals surface area contributed by atoms with E-state index in [9.17, 15) is 9.59 Å². The SMILES string of the molecule is CCC(=O)N(CC(=O)N1CCc2sccc2[C@@H]1COc1ccc(Cl)c(C)c1)C(C)C. The van der Waals surface area contributed by atoms with Crippen LogP contribution in [0.5, 0.6) is 5.75 Å². The van der Waals surface area contributed by atoms with Crippen LogP contribution in [0.1, 0.15) is 49.2 Å². The van der Waals surface area contributed by atoms with Crippen molar-refractivity contribution in [2.45, 2.75) is 52.6 Å². The summed E-state index contributed by atoms with van der Waals surface area (Å²) in [7, 11) is 0. The zero-order valence-corrected chi connectivity index (χ0v) is 19.6. The molecule has 30 heavy (non-hydrogen) atoms. The van der Waals surface area contributed by atoms with E-state index in [1.807, 2.05) is 50.8 Å². The van der Waals surface area contributed by atoms with Crippen molar-refractivity contribution >= 4 is 34.8 Å². The molecule has 0 saturated carbocycles. The molecule has 0 radical (unpaired) electrons. The second-order valence-electron chi connectivity index (χ2n) is 7.84. The minimum atomic E-state index is -0.172. The smallest absolute Gasteiger partial charge is 0.242 e. The van der Waals surface area contributed by atoms with E-state index in [2.05, 4.69) is 11.4 Å². The third kappa shape index (κ3) is 4.98. The van der Waals surface area contributed by atoms with E-state index in [0.717, 1.165) is 23.3 Å². The Hall–Kier alpha value is -2.05. The van der Waals surface area contributed by atoms with Crippen LogP contribution in [0.15, 0.2) is 29.6 Å². The van der Waals surface area contributed by atoms with Gasteiger partial charge in [0.05, 0.1) is 12.6 Å². The molecule has 1 aromatic heterocycles. The minimum Gasteiger partial charge on any atom is -0.491 e. The van der Waals surface area contributed by atoms with E-state index in [-0.39, 0.29) is 30.4 Å². The Kier molecular flexibility index (Phi) is 7.42. The lowest BCUT2D eigenvalue weighted by molar-refractivity contribution is -0.144. The number of ether oxygens (including phenoxy) is 1. The molecule has 1 atom stereocenters. The number of hydrogen-bond donors (Lipinski definition) is 0. The lowest BCUT2D eigenvalue weighted by Crippen LogP contribution is -2.49. The lowest BCUT2D eigenvalue weighted by atomic mass is 10.00. The van der Waals surface area contributed by atoms with Crippen molar-refractivity contribution < 1.29 is 14.3 Å². The molecule has 162 valence electrons. The van der Waals surface area contributed by atoms with Gasteiger partial charge in [-0.25, -0.2) is 0 Å². The third-order valence-electron chi connectivity index (χ3n) is 5.50. The predicted molar refractivity (Wildman–Crippen MR) is 121 cm³/mol. The van der Waals surface area contributed by atoms with Gasteiger partial charge in [0.1, 0.15) is 12.4 Å². The highest BCUT2D eigenvalue weighted by Crippen LogP contribution is 2.34. The van der Waals surface area contributed by atoms with Gasteiger partial charge < -0.3 is 14.5 Å². The molecular weight excluding hydrogens is 420 g/mol. The van der Waals surface area contributed by atoms with Crippen LogP contribution in [0.25, 0.3) is 0 Å². The molecule has 0 aliphatic carbocycles. The molecule has 2 amide bonds. The van der Waals surface area contributed by atoms with Gasteiger partial charge in [-0.3, -0.25) is 9.59 Å². The topological polar surface area (TPSA) is 49.9 Å². The number of halogens is 1. The van der Waals surface area contributed by atoms with Gasteiger partial charge in [0.2, 0.25) is 11.8 Å². The first-order chi connectivity index (χ1) is 14.3. The van der Waals surface area contributed by atoms with Gasteiger partial charge in [0.15, 0.2) is 0 Å². The summed E-state index contributed by atoms with van der Waals surface area (Å²) in [6.07, 6.45) is 1.22. The van der Waals surface area contributed by atoms with Gasteiger partial charge >= 0.3 is 0 Å². The second kappa shape index (κ2) is 9.84. The van der Waals surface area contributed by atoms with Crippen molar-refractivity contribution in [1.29, 1.82) is 0 Å². The van der Waals surface area contributed by atoms with Crippen molar-refractivity contribution in [2.75, 3.05) is 19.7 Å². The van der Waals surface area contributed by atoms with E-state index in [1.165, 1.54) is 4.88 Å². The van der Waals surface area contributed by atoms with Gasteiger partial charge in [0.25, 0.3) is 0 Å². The van der Waals surface area contributed by atoms with Gasteiger partial charge in [-0.2, -0.15) is 0 Å². The first kappa shape index (κ1) is 22.6. The predicted octanol–water partition coefficient (Wildman–Crippen LogP) is 4.86. The maximum atomic E-state index is 13.2. The van der Waals surface area contributed by atoms with Gasteiger partial charge in [-0.05, 0) is 68.0 Å². The number of carbonyl (C=O) groups is 2. The molecule has 0 unspecified atom stereocenters. The molecule has 1 aliphatic heterocycles. The number of aryl methyl sites for hydroxylation is 1. The molecule has 3 rings (SSSR count). The van der Waals surface area contributed by atoms with Crippen LogP contribution in [0.2, 0.25) is 5.02 Å². The van der Waals surface area contributed by atoms with Crippen molar-refractivity contribution in [1.82, 2.24) is 9.80 Å². The van der Waals surface area contributed by atoms with Crippen molar-refractivity contribution in [3.8, 4) is 5.75 Å². The minimum absolute atomic E-state index is 0.00368. The van der Waals surface area contributed by atoms with Crippen LogP contribution >= 0.6 is 22.9 Å². The molecule has 2 aromatic rings. The highest BCUT2D eigenvalue weighted by molar-refractivity contribution is 7.10. The summed E-state index contributed by atoms with van der Waals surface area (Å²) >= 11 is 7.84. The molecule has 2 heterocycles. The van der Waals surface area contributed by atoms with Crippen LogP contribution in [-0.2, 0) is 16.0 Å². The largest absolute Gasteiger partial charge is 0.491 e. The molecule has 1 aromatic carbocycles. The maximum absolute atomic E-state index is 13.2. The molecule has 0 N–H and O–H groups in total. The molecule has 0 saturated heterocycles. The number of fused-ring (bicyclic) bond motifs is 1. The number of benzene rings is 1. The third-order valence-corrected chi connectivity index (χ3v) is 6.92. The monoisotopic (exact) mass is 448 g/mol. The molecule has 1 aliphatic rings. The maximum Gasteiger partial charge on any atom is 0.242 e. The average Bonchev–Trinajstić information content (AvgIpc) is 3.20. The highest BCUT2D eigenvalue weighted by Gasteiger charge is 2.33. The number of carbonyl (C=O) groups excluding carboxylic acids is 2. The Morgan fingerprint density at radius 2 is 2.10 bits per heavy atom. The molecule has 0 bridgehead atoms. The molecular formula is C23H29ClN2O3S. The Morgan fingerprint density at radius 3 is 2.77 bits per heavy atom. The van der Waals surface area contributed by atoms with Crippen LogP contribution in [0.3, 0.4) is 0 Å². The fraction of sp³-hybridized carbons (Fsp3) is 0.478. The molecule has 0 spiro atoms. The number of nitrogens with zero attached hydrogens (tertiary/aromatic N) is 2. The van der Waals surface area contributed by atoms with E-state index >= 15 is 0 Å². The fourth-order valence-electron chi connectivity index (χ4n) is 3.76. The number of rotatable bonds is 7. The van der Waals surface area contributed by atoms with Crippen LogP contribution in [0.4, 0.5) is 0 Å². The Morgan fingerprint density at radius 1 is 1.33 bits per heavy atom. The quantitative estimate of drug-likeness (QED) is 0.607. The Bertz CT molecular complexity index is 912. The van der Waals surface area contributed by atoms with Crippen LogP contribution in [0, 0.1) is 6.92 Å². The number of amides is 2. The van der Waals surface area contributed by atoms with E-state index < -0.39 is 0 Å². The summed E-state index contributed by atoms with van der Waals surface area (Å²) in [5, 5.41) is 2.77. The summed E-state index contributed by atoms with van der Waals surface area (Å²) in [4.78, 5) is 30.4. The summed E-state index contributed by atoms with van der Waals surface area (Å²) in [6, 6.07) is 7.47. The number of thiophene rings is 1. The summed E-state index contributed by atoms with van der Waals surface area (Å²) in [6.45, 7) is 8.74. The van der Waals surface area contributed by atoms with Gasteiger partial charge in [-0.1, -0.05) is 18.5 Å². The van der Waals surface area contributed by atoms with E-state index in [4.69, 9.17) is 16.3 Å². The van der Waals surface area contributed by atoms with Crippen molar-refractivity contribution in [3.63, 3.8) is 0 Å². The molecule has 0 fully saturated rings. The van der Waals surface area contributed by atoms with Crippen LogP contribution < -0.4 is 4.74 Å². The van der Waals surface area contributed by atoms with Crippen molar-refractivity contribution in [3.05, 3.63) is 50.7 Å². The lowest BCUT2D eigenvalue weighted by Gasteiger charge is -2.37. The van der Waals surface area contributed by atoms with Crippen molar-refractivity contribution in [2.24, 2.45) is 0 Å². The number of hydrogen-bond acceptors (Lipinski definition) is 4. The molecule has 7 heteroatoms. The van der Waals surface area contributed by atoms with E-state index in [1.54, 1.807) is 16.2 Å². The standard InChI is InChI=1S/C23H29ClN2O3S/c1-5-22(27)26(15(2)3)13-23(28)25-10-8-21-18(9-11-30-21)20(25)14-29-17-6-7-19(24)16(4)12-17/h6-7,9,11-12,15,20H,5,8,10,13-14H2,1-4H3/t20-/m0/s1. The van der Waals surface area contributed by atoms with Crippen LogP contribution in [-0.4, -0.2) is 47.4 Å². The molecule has 5 nitrogen and oxygen atoms in total. The van der Waals surface area contributed by atoms with Gasteiger partial charge in [0, 0.05) is 28.9 Å². The normalized spacial score (nSPS) is 15.8. The van der Waals surface area contributed by atoms with E-state index in [0.29, 0.717) is 24.6 Å². The summed E-state index contributed by atoms with van der Waals surface area (Å²) < 4.78 is 6.08. The Balaban J connectivity index is 1.79. The summed E-state index contributed by atoms with van der Waals surface area (Å²) in [5.41, 5.74) is 2.09. The first-order valence-electron chi connectivity index (χ1n) is 10.4. The zero-order chi connectivity index (χ0) is 21.8. The first-order valence-corrected chi connectivity index (χ1v) is 11.6. The fourth-order valence-corrected chi connectivity index (χ4v) is 4.80. The second-order valence-corrected chi connectivity index (χ2v) is 9.25. The summed E-state index contributed by atoms with van der Waals surface area (Å²) in [5.74, 6) is 0.691.